The average molecular weight is 1850 g/mol. The van der Waals surface area contributed by atoms with E-state index in [1.54, 1.807) is 36.5 Å². The largest absolute Gasteiger partial charge is 0.467 e. The van der Waals surface area contributed by atoms with Crippen molar-refractivity contribution in [2.75, 3.05) is 45.6 Å². The summed E-state index contributed by atoms with van der Waals surface area (Å²) in [7, 11) is 1.35. The summed E-state index contributed by atoms with van der Waals surface area (Å²) in [5.74, 6) is 1.80. The van der Waals surface area contributed by atoms with E-state index in [-0.39, 0.29) is 103 Å². The number of methoxy groups -OCH3 is 1. The van der Waals surface area contributed by atoms with Gasteiger partial charge < -0.3 is 30.9 Å². The molecule has 0 spiro atoms. The molecule has 42 heteroatoms. The SMILES string of the molecule is CCSc1ncc2c(Nc3n[nH]c4ccccc34)nc(-c3ccccc3C(F)(F)F)nc2n1.COc1ncc2c(Nc3n[nH]c4c(F)cccc34)nc(-c3ccccc3C(F)(F)F)nc2n1.FC(F)(F)c1ccccc1-c1nc2c(c(Nc3n[nH]c4ccccc34)n1)N(Cc1ccccc1)CCC2.Fc1cccc2c(Nc3nc(-c4ccccc4C(F)(F)F)nc4cccnc34)n[nH]c12. The number of alkyl halides is 12. The minimum atomic E-state index is -4.62. The Bertz CT molecular complexity index is 7770. The molecule has 0 unspecified atom stereocenters. The van der Waals surface area contributed by atoms with Gasteiger partial charge in [0, 0.05) is 75.5 Å². The molecule has 11 aromatic heterocycles. The fraction of sp³-hybridized carbons (Fsp3) is 0.120. The van der Waals surface area contributed by atoms with Gasteiger partial charge in [0.25, 0.3) is 0 Å². The molecule has 0 atom stereocenters. The minimum Gasteiger partial charge on any atom is -0.467 e. The lowest BCUT2D eigenvalue weighted by Gasteiger charge is -2.32. The van der Waals surface area contributed by atoms with Crippen LogP contribution in [-0.4, -0.2) is 125 Å². The maximum absolute atomic E-state index is 14.1. The number of aromatic nitrogens is 21. The number of pyridine rings is 1. The summed E-state index contributed by atoms with van der Waals surface area (Å²) in [5.41, 5.74) is 1.70. The lowest BCUT2D eigenvalue weighted by atomic mass is 10.0. The summed E-state index contributed by atoms with van der Waals surface area (Å²) in [4.78, 5) is 58.7. The summed E-state index contributed by atoms with van der Waals surface area (Å²) < 4.78 is 197. The van der Waals surface area contributed by atoms with Crippen molar-refractivity contribution in [2.45, 2.75) is 56.2 Å². The molecule has 672 valence electrons. The van der Waals surface area contributed by atoms with Gasteiger partial charge in [0.15, 0.2) is 74.7 Å². The number of aryl methyl sites for hydroxylation is 1. The van der Waals surface area contributed by atoms with Crippen LogP contribution in [0.2, 0.25) is 0 Å². The van der Waals surface area contributed by atoms with Crippen molar-refractivity contribution in [1.82, 2.24) is 106 Å². The Morgan fingerprint density at radius 2 is 0.799 bits per heavy atom. The monoisotopic (exact) mass is 1850 g/mol. The summed E-state index contributed by atoms with van der Waals surface area (Å²) in [6.45, 7) is 3.37. The molecule has 0 bridgehead atoms. The second kappa shape index (κ2) is 36.8. The van der Waals surface area contributed by atoms with E-state index in [0.717, 1.165) is 76.0 Å². The predicted molar refractivity (Wildman–Crippen MR) is 478 cm³/mol. The quantitative estimate of drug-likeness (QED) is 0.0238. The molecular weight excluding hydrogens is 1780 g/mol. The molecule has 27 nitrogen and oxygen atoms in total. The van der Waals surface area contributed by atoms with Gasteiger partial charge in [-0.25, -0.2) is 63.6 Å². The summed E-state index contributed by atoms with van der Waals surface area (Å²) in [5, 5.41) is 44.1. The summed E-state index contributed by atoms with van der Waals surface area (Å²) in [6, 6.07) is 58.0. The first-order valence-electron chi connectivity index (χ1n) is 40.6. The van der Waals surface area contributed by atoms with Crippen LogP contribution in [0.1, 0.15) is 46.9 Å². The van der Waals surface area contributed by atoms with Gasteiger partial charge in [-0.1, -0.05) is 158 Å². The molecule has 20 aromatic rings. The second-order valence-electron chi connectivity index (χ2n) is 29.6. The Balaban J connectivity index is 0.000000120. The van der Waals surface area contributed by atoms with E-state index in [1.165, 1.54) is 122 Å². The van der Waals surface area contributed by atoms with Crippen LogP contribution >= 0.6 is 11.8 Å². The topological polar surface area (TPSA) is 343 Å². The van der Waals surface area contributed by atoms with Crippen LogP contribution in [0.25, 0.3) is 122 Å². The van der Waals surface area contributed by atoms with E-state index < -0.39 is 58.6 Å². The standard InChI is InChI=1S/C28H23F3N6.C22H16F3N7S.C21H13F4N7O.C21H12F4N6/c29-28(30,31)21-13-6-4-11-19(21)25-32-23-15-8-16-37(17-18-9-2-1-3-10-18)24(23)27(33-25)34-26-20-12-5-7-14-22(20)35-36-26;1-2-33-21-26-11-14-18(29-20-13-8-4-6-10-16(13)31-32-20)27-17(28-19(14)30-21)12-7-3-5-9-15(12)22(23,24)25;1-33-20-26-9-12-17(29-19-11-6-4-8-14(22)15(11)31-32-19)27-16(28-18(12)30-20)10-5-2-3-7-13(10)21(23,24)25;22-14-8-3-6-12-16(14)30-31-19(12)29-20-17-15(9-4-10-26-17)27-18(28-20)11-5-1-2-7-13(11)21(23,24)25/h1-7,9-14H,8,15-17H2,(H2,32,33,34,35,36);3-11H,2H2,1H3,(H2,26,27,28,29,30,31,32);2-9H,1H3,(H2,26,27,28,29,30,31,32);1-10H,(H2,27,28,29,30,31). The third-order valence-electron chi connectivity index (χ3n) is 21.0. The summed E-state index contributed by atoms with van der Waals surface area (Å²) in [6.07, 6.45) is -12.4. The Kier molecular flexibility index (Phi) is 24.2. The molecule has 0 fully saturated rings. The predicted octanol–water partition coefficient (Wildman–Crippen LogP) is 22.9. The number of benzene rings is 9. The molecule has 134 heavy (non-hydrogen) atoms. The van der Waals surface area contributed by atoms with Crippen LogP contribution in [-0.2, 0) is 37.7 Å². The van der Waals surface area contributed by atoms with Crippen molar-refractivity contribution < 1.29 is 66.2 Å². The first-order valence-corrected chi connectivity index (χ1v) is 41.6. The number of anilines is 9. The van der Waals surface area contributed by atoms with Gasteiger partial charge in [-0.05, 0) is 109 Å². The molecule has 8 N–H and O–H groups in total. The second-order valence-corrected chi connectivity index (χ2v) is 30.8. The number of thioether (sulfide) groups is 1. The van der Waals surface area contributed by atoms with Gasteiger partial charge >= 0.3 is 30.7 Å². The highest BCUT2D eigenvalue weighted by molar-refractivity contribution is 7.99. The zero-order valence-electron chi connectivity index (χ0n) is 69.3. The first kappa shape index (κ1) is 88.1. The molecule has 9 aromatic carbocycles. The first-order chi connectivity index (χ1) is 64.7. The number of rotatable bonds is 17. The van der Waals surface area contributed by atoms with Crippen molar-refractivity contribution in [3.8, 4) is 51.6 Å². The van der Waals surface area contributed by atoms with Crippen LogP contribution in [0.4, 0.5) is 114 Å². The molecule has 21 rings (SSSR count). The zero-order valence-corrected chi connectivity index (χ0v) is 70.1. The summed E-state index contributed by atoms with van der Waals surface area (Å²) >= 11 is 1.41. The van der Waals surface area contributed by atoms with Crippen LogP contribution in [0, 0.1) is 11.6 Å². The van der Waals surface area contributed by atoms with Gasteiger partial charge in [-0.3, -0.25) is 25.4 Å². The molecule has 0 radical (unpaired) electrons. The minimum absolute atomic E-state index is 0.0190. The van der Waals surface area contributed by atoms with E-state index in [4.69, 9.17) is 4.74 Å². The molecule has 1 aliphatic heterocycles. The van der Waals surface area contributed by atoms with E-state index >= 15 is 0 Å². The number of para-hydroxylation sites is 4. The molecule has 0 saturated heterocycles. The highest BCUT2D eigenvalue weighted by Crippen LogP contribution is 2.45. The normalized spacial score (nSPS) is 12.3. The number of nitrogens with zero attached hydrogens (tertiary/aromatic N) is 18. The van der Waals surface area contributed by atoms with Crippen LogP contribution in [0.5, 0.6) is 6.01 Å². The highest BCUT2D eigenvalue weighted by Gasteiger charge is 2.39. The molecule has 1 aliphatic rings. The van der Waals surface area contributed by atoms with E-state index in [0.29, 0.717) is 73.8 Å². The van der Waals surface area contributed by atoms with Crippen molar-refractivity contribution in [2.24, 2.45) is 0 Å². The molecular formula is C92H64F14N26OS. The van der Waals surface area contributed by atoms with E-state index in [2.05, 4.69) is 144 Å². The smallest absolute Gasteiger partial charge is 0.417 e. The van der Waals surface area contributed by atoms with Crippen molar-refractivity contribution >= 4 is 141 Å². The lowest BCUT2D eigenvalue weighted by molar-refractivity contribution is -0.137. The Morgan fingerprint density at radius 3 is 1.31 bits per heavy atom. The number of fused-ring (bicyclic) bond motifs is 8. The van der Waals surface area contributed by atoms with Gasteiger partial charge in [0.05, 0.1) is 62.4 Å². The number of ether oxygens (including phenoxy) is 1. The third kappa shape index (κ3) is 18.6. The molecule has 0 amide bonds. The third-order valence-corrected chi connectivity index (χ3v) is 21.7. The maximum atomic E-state index is 14.1. The molecule has 0 saturated carbocycles. The zero-order chi connectivity index (χ0) is 93.2. The average Bonchev–Trinajstić information content (AvgIpc) is 1.45. The number of hydrogen-bond acceptors (Lipinski definition) is 24. The fourth-order valence-corrected chi connectivity index (χ4v) is 15.4. The van der Waals surface area contributed by atoms with Gasteiger partial charge in [-0.2, -0.15) is 78.1 Å². The van der Waals surface area contributed by atoms with Crippen molar-refractivity contribution in [3.63, 3.8) is 0 Å². The Labute approximate surface area is 750 Å². The number of hydrogen-bond donors (Lipinski definition) is 8. The van der Waals surface area contributed by atoms with Crippen LogP contribution < -0.4 is 30.9 Å². The fourth-order valence-electron chi connectivity index (χ4n) is 14.9. The van der Waals surface area contributed by atoms with Gasteiger partial charge in [0.2, 0.25) is 0 Å². The van der Waals surface area contributed by atoms with Gasteiger partial charge in [-0.15, -0.1) is 0 Å². The Morgan fingerprint density at radius 1 is 0.381 bits per heavy atom. The van der Waals surface area contributed by atoms with E-state index in [9.17, 15) is 61.5 Å². The maximum Gasteiger partial charge on any atom is 0.417 e. The Hall–Kier alpha value is -16.6. The number of halogens is 14. The lowest BCUT2D eigenvalue weighted by Crippen LogP contribution is -2.31. The van der Waals surface area contributed by atoms with Crippen molar-refractivity contribution in [1.29, 1.82) is 0 Å². The van der Waals surface area contributed by atoms with Crippen LogP contribution in [0.3, 0.4) is 0 Å². The molecule has 12 heterocycles. The number of nitrogens with one attached hydrogen (secondary N) is 8. The van der Waals surface area contributed by atoms with Crippen LogP contribution in [0.15, 0.2) is 248 Å². The van der Waals surface area contributed by atoms with Crippen molar-refractivity contribution in [3.05, 3.63) is 288 Å². The highest BCUT2D eigenvalue weighted by atomic mass is 32.2. The number of aromatic amines is 4. The van der Waals surface area contributed by atoms with Gasteiger partial charge in [0.1, 0.15) is 45.5 Å². The van der Waals surface area contributed by atoms with E-state index in [1.807, 2.05) is 73.7 Å². The molecule has 0 aliphatic carbocycles. The number of H-pyrrole nitrogens is 4.